The summed E-state index contributed by atoms with van der Waals surface area (Å²) in [5.41, 5.74) is 6.21. The highest BCUT2D eigenvalue weighted by Crippen LogP contribution is 2.31. The zero-order valence-electron chi connectivity index (χ0n) is 15.5. The van der Waals surface area contributed by atoms with Crippen molar-refractivity contribution in [2.45, 2.75) is 12.6 Å². The Morgan fingerprint density at radius 1 is 1.11 bits per heavy atom. The Hall–Kier alpha value is -3.19. The van der Waals surface area contributed by atoms with E-state index in [1.54, 1.807) is 17.4 Å². The van der Waals surface area contributed by atoms with E-state index >= 15 is 0 Å². The van der Waals surface area contributed by atoms with Crippen molar-refractivity contribution in [3.05, 3.63) is 71.1 Å². The summed E-state index contributed by atoms with van der Waals surface area (Å²) in [5, 5.41) is 7.05. The van der Waals surface area contributed by atoms with Crippen molar-refractivity contribution in [2.24, 2.45) is 0 Å². The summed E-state index contributed by atoms with van der Waals surface area (Å²) in [6.45, 7) is 1.18. The van der Waals surface area contributed by atoms with Crippen molar-refractivity contribution in [2.75, 3.05) is 18.1 Å². The molecule has 0 aliphatic rings. The Morgan fingerprint density at radius 2 is 1.82 bits per heavy atom. The number of carbonyl (C=O) groups excluding carboxylic acids is 2. The molecule has 2 amide bonds. The fourth-order valence-electron chi connectivity index (χ4n) is 2.76. The summed E-state index contributed by atoms with van der Waals surface area (Å²) >= 11 is 1.59. The van der Waals surface area contributed by atoms with Crippen LogP contribution in [0.4, 0.5) is 15.8 Å². The fraction of sp³-hybridized carbons (Fsp3) is 0.143. The highest BCUT2D eigenvalue weighted by atomic mass is 32.1. The maximum atomic E-state index is 14.6. The average Bonchev–Trinajstić information content (AvgIpc) is 3.23. The molecule has 0 aliphatic carbocycles. The lowest BCUT2D eigenvalue weighted by Crippen LogP contribution is -2.36. The lowest BCUT2D eigenvalue weighted by atomic mass is 9.96. The summed E-state index contributed by atoms with van der Waals surface area (Å²) < 4.78 is 14.6. The first-order valence-electron chi connectivity index (χ1n) is 8.59. The van der Waals surface area contributed by atoms with Crippen LogP contribution in [-0.4, -0.2) is 18.9 Å². The third kappa shape index (κ3) is 3.89. The third-order valence-corrected chi connectivity index (χ3v) is 5.37. The Balaban J connectivity index is 1.80. The van der Waals surface area contributed by atoms with Crippen molar-refractivity contribution in [3.8, 4) is 10.4 Å². The number of anilines is 2. The number of nitrogen functional groups attached to an aromatic ring is 1. The standard InChI is InChI=1S/C21H20FN3O2S/c1-21(22,20(27)24-2)15-8-5-13(6-9-15)19(26)25-17-12-14(7-10-16(17)23)18-4-3-11-28-18/h3-12H,23H2,1-2H3,(H,24,27)(H,25,26). The number of nitrogens with one attached hydrogen (secondary N) is 2. The van der Waals surface area contributed by atoms with Crippen LogP contribution in [0.5, 0.6) is 0 Å². The maximum Gasteiger partial charge on any atom is 0.261 e. The molecule has 2 aromatic carbocycles. The molecule has 4 N–H and O–H groups in total. The number of nitrogens with two attached hydrogens (primary N) is 1. The van der Waals surface area contributed by atoms with Crippen molar-refractivity contribution in [1.82, 2.24) is 5.32 Å². The number of hydrogen-bond donors (Lipinski definition) is 3. The minimum Gasteiger partial charge on any atom is -0.397 e. The number of thiophene rings is 1. The van der Waals surface area contributed by atoms with E-state index in [1.165, 1.54) is 38.2 Å². The van der Waals surface area contributed by atoms with E-state index in [1.807, 2.05) is 29.6 Å². The van der Waals surface area contributed by atoms with Crippen LogP contribution in [0.25, 0.3) is 10.4 Å². The predicted molar refractivity (Wildman–Crippen MR) is 111 cm³/mol. The summed E-state index contributed by atoms with van der Waals surface area (Å²) in [6, 6.07) is 15.2. The number of likely N-dealkylation sites (N-methyl/N-ethyl adjacent to an activating group) is 1. The largest absolute Gasteiger partial charge is 0.397 e. The second-order valence-corrected chi connectivity index (χ2v) is 7.34. The Bertz CT molecular complexity index is 999. The van der Waals surface area contributed by atoms with Crippen LogP contribution >= 0.6 is 11.3 Å². The quantitative estimate of drug-likeness (QED) is 0.565. The molecular formula is C21H20FN3O2S. The van der Waals surface area contributed by atoms with Gasteiger partial charge in [-0.05, 0) is 53.8 Å². The van der Waals surface area contributed by atoms with Gasteiger partial charge in [0.15, 0.2) is 0 Å². The first kappa shape index (κ1) is 19.6. The van der Waals surface area contributed by atoms with Gasteiger partial charge in [-0.15, -0.1) is 11.3 Å². The molecule has 7 heteroatoms. The molecule has 0 saturated heterocycles. The number of benzene rings is 2. The molecule has 5 nitrogen and oxygen atoms in total. The lowest BCUT2D eigenvalue weighted by Gasteiger charge is -2.19. The minimum atomic E-state index is -2.18. The Labute approximate surface area is 166 Å². The molecule has 144 valence electrons. The van der Waals surface area contributed by atoms with E-state index in [2.05, 4.69) is 10.6 Å². The molecule has 0 radical (unpaired) electrons. The van der Waals surface area contributed by atoms with Gasteiger partial charge in [-0.1, -0.05) is 24.3 Å². The molecule has 1 aromatic heterocycles. The van der Waals surface area contributed by atoms with Crippen LogP contribution in [0.2, 0.25) is 0 Å². The van der Waals surface area contributed by atoms with Gasteiger partial charge < -0.3 is 16.4 Å². The lowest BCUT2D eigenvalue weighted by molar-refractivity contribution is -0.131. The van der Waals surface area contributed by atoms with Gasteiger partial charge >= 0.3 is 0 Å². The van der Waals surface area contributed by atoms with Gasteiger partial charge in [-0.2, -0.15) is 0 Å². The summed E-state index contributed by atoms with van der Waals surface area (Å²) in [6.07, 6.45) is 0. The van der Waals surface area contributed by atoms with E-state index < -0.39 is 11.6 Å². The monoisotopic (exact) mass is 397 g/mol. The average molecular weight is 397 g/mol. The van der Waals surface area contributed by atoms with E-state index in [0.29, 0.717) is 16.9 Å². The highest BCUT2D eigenvalue weighted by Gasteiger charge is 2.34. The van der Waals surface area contributed by atoms with E-state index in [0.717, 1.165) is 10.4 Å². The third-order valence-electron chi connectivity index (χ3n) is 4.45. The molecular weight excluding hydrogens is 377 g/mol. The second-order valence-electron chi connectivity index (χ2n) is 6.39. The first-order valence-corrected chi connectivity index (χ1v) is 9.47. The highest BCUT2D eigenvalue weighted by molar-refractivity contribution is 7.13. The van der Waals surface area contributed by atoms with Gasteiger partial charge in [0.2, 0.25) is 5.67 Å². The predicted octanol–water partition coefficient (Wildman–Crippen LogP) is 4.18. The molecule has 0 spiro atoms. The summed E-state index contributed by atoms with van der Waals surface area (Å²) in [7, 11) is 1.37. The topological polar surface area (TPSA) is 84.2 Å². The second kappa shape index (κ2) is 7.82. The zero-order valence-corrected chi connectivity index (χ0v) is 16.3. The van der Waals surface area contributed by atoms with Gasteiger partial charge in [0.1, 0.15) is 0 Å². The van der Waals surface area contributed by atoms with E-state index in [4.69, 9.17) is 5.73 Å². The molecule has 0 saturated carbocycles. The van der Waals surface area contributed by atoms with E-state index in [9.17, 15) is 14.0 Å². The zero-order chi connectivity index (χ0) is 20.3. The van der Waals surface area contributed by atoms with Crippen LogP contribution in [0.3, 0.4) is 0 Å². The Morgan fingerprint density at radius 3 is 2.43 bits per heavy atom. The number of alkyl halides is 1. The van der Waals surface area contributed by atoms with Gasteiger partial charge in [0.05, 0.1) is 11.4 Å². The van der Waals surface area contributed by atoms with Crippen LogP contribution in [0.15, 0.2) is 60.0 Å². The molecule has 1 atom stereocenters. The molecule has 1 unspecified atom stereocenters. The molecule has 28 heavy (non-hydrogen) atoms. The molecule has 1 heterocycles. The molecule has 0 aliphatic heterocycles. The molecule has 3 rings (SSSR count). The maximum absolute atomic E-state index is 14.6. The van der Waals surface area contributed by atoms with Crippen molar-refractivity contribution in [1.29, 1.82) is 0 Å². The number of carbonyl (C=O) groups is 2. The van der Waals surface area contributed by atoms with Gasteiger partial charge in [-0.25, -0.2) is 4.39 Å². The van der Waals surface area contributed by atoms with Crippen molar-refractivity contribution in [3.63, 3.8) is 0 Å². The number of amides is 2. The van der Waals surface area contributed by atoms with E-state index in [-0.39, 0.29) is 11.5 Å². The molecule has 0 fully saturated rings. The number of hydrogen-bond acceptors (Lipinski definition) is 4. The van der Waals surface area contributed by atoms with Gasteiger partial charge in [0.25, 0.3) is 11.8 Å². The minimum absolute atomic E-state index is 0.169. The van der Waals surface area contributed by atoms with Gasteiger partial charge in [0, 0.05) is 17.5 Å². The van der Waals surface area contributed by atoms with Crippen LogP contribution in [0.1, 0.15) is 22.8 Å². The summed E-state index contributed by atoms with van der Waals surface area (Å²) in [4.78, 5) is 25.3. The molecule has 0 bridgehead atoms. The number of halogens is 1. The number of rotatable bonds is 5. The SMILES string of the molecule is CNC(=O)C(C)(F)c1ccc(C(=O)Nc2cc(-c3cccs3)ccc2N)cc1. The Kier molecular flexibility index (Phi) is 5.46. The van der Waals surface area contributed by atoms with Crippen LogP contribution in [-0.2, 0) is 10.5 Å². The molecule has 3 aromatic rings. The van der Waals surface area contributed by atoms with Crippen LogP contribution in [0, 0.1) is 0 Å². The van der Waals surface area contributed by atoms with Crippen molar-refractivity contribution < 1.29 is 14.0 Å². The van der Waals surface area contributed by atoms with Crippen LogP contribution < -0.4 is 16.4 Å². The fourth-order valence-corrected chi connectivity index (χ4v) is 3.48. The normalized spacial score (nSPS) is 12.8. The smallest absolute Gasteiger partial charge is 0.261 e. The first-order chi connectivity index (χ1) is 13.3. The van der Waals surface area contributed by atoms with Gasteiger partial charge in [-0.3, -0.25) is 9.59 Å². The van der Waals surface area contributed by atoms with Crippen molar-refractivity contribution >= 4 is 34.5 Å². The summed E-state index contributed by atoms with van der Waals surface area (Å²) in [5.74, 6) is -1.12.